The molecule has 7 heteroatoms. The van der Waals surface area contributed by atoms with E-state index in [0.717, 1.165) is 0 Å². The number of amides is 1. The van der Waals surface area contributed by atoms with Gasteiger partial charge in [0.25, 0.3) is 5.91 Å². The molecule has 0 unspecified atom stereocenters. The fourth-order valence-corrected chi connectivity index (χ4v) is 0.942. The van der Waals surface area contributed by atoms with Crippen LogP contribution < -0.4 is 5.32 Å². The minimum absolute atomic E-state index is 0.0622. The highest BCUT2D eigenvalue weighted by molar-refractivity contribution is 6.53. The Labute approximate surface area is 96.7 Å². The lowest BCUT2D eigenvalue weighted by molar-refractivity contribution is -0.137. The summed E-state index contributed by atoms with van der Waals surface area (Å²) in [5, 5.41) is 10.5. The maximum absolute atomic E-state index is 11.1. The minimum Gasteiger partial charge on any atom is -0.481 e. The molecule has 15 heavy (non-hydrogen) atoms. The summed E-state index contributed by atoms with van der Waals surface area (Å²) in [6.07, 6.45) is 0.310. The van der Waals surface area contributed by atoms with E-state index in [-0.39, 0.29) is 31.6 Å². The van der Waals surface area contributed by atoms with Crippen LogP contribution in [0.15, 0.2) is 0 Å². The van der Waals surface area contributed by atoms with E-state index in [1.54, 1.807) is 0 Å². The summed E-state index contributed by atoms with van der Waals surface area (Å²) >= 11 is 10.4. The standard InChI is InChI=1S/C8H11Cl2NO4/c9-7(10)8(15)11-4-5(12)2-1-3-6(13)14/h7H,1-4H2,(H,11,15)(H,13,14). The zero-order valence-corrected chi connectivity index (χ0v) is 9.35. The van der Waals surface area contributed by atoms with Crippen LogP contribution in [-0.2, 0) is 14.4 Å². The van der Waals surface area contributed by atoms with Gasteiger partial charge in [-0.25, -0.2) is 0 Å². The van der Waals surface area contributed by atoms with E-state index in [2.05, 4.69) is 5.32 Å². The van der Waals surface area contributed by atoms with Crippen molar-refractivity contribution >= 4 is 40.9 Å². The molecule has 0 aromatic heterocycles. The van der Waals surface area contributed by atoms with Gasteiger partial charge in [0.15, 0.2) is 10.6 Å². The summed E-state index contributed by atoms with van der Waals surface area (Å²) in [4.78, 5) is 30.8. The summed E-state index contributed by atoms with van der Waals surface area (Å²) in [7, 11) is 0. The molecule has 2 N–H and O–H groups in total. The molecule has 0 aliphatic heterocycles. The molecule has 0 atom stereocenters. The molecule has 0 fully saturated rings. The van der Waals surface area contributed by atoms with Crippen molar-refractivity contribution in [1.29, 1.82) is 0 Å². The summed E-state index contributed by atoms with van der Waals surface area (Å²) in [5.41, 5.74) is 0. The highest BCUT2D eigenvalue weighted by Crippen LogP contribution is 2.00. The number of halogens is 2. The summed E-state index contributed by atoms with van der Waals surface area (Å²) in [5.74, 6) is -1.84. The van der Waals surface area contributed by atoms with Crippen molar-refractivity contribution in [2.24, 2.45) is 0 Å². The van der Waals surface area contributed by atoms with Gasteiger partial charge in [0.1, 0.15) is 0 Å². The van der Waals surface area contributed by atoms with Crippen molar-refractivity contribution in [2.75, 3.05) is 6.54 Å². The van der Waals surface area contributed by atoms with Crippen LogP contribution in [0, 0.1) is 0 Å². The van der Waals surface area contributed by atoms with E-state index in [1.165, 1.54) is 0 Å². The van der Waals surface area contributed by atoms with Gasteiger partial charge in [-0.05, 0) is 6.42 Å². The molecule has 0 bridgehead atoms. The van der Waals surface area contributed by atoms with Gasteiger partial charge < -0.3 is 10.4 Å². The molecule has 0 aromatic rings. The van der Waals surface area contributed by atoms with E-state index in [9.17, 15) is 14.4 Å². The lowest BCUT2D eigenvalue weighted by Crippen LogP contribution is -2.33. The molecule has 86 valence electrons. The van der Waals surface area contributed by atoms with Gasteiger partial charge in [0.2, 0.25) is 0 Å². The van der Waals surface area contributed by atoms with Crippen molar-refractivity contribution in [3.05, 3.63) is 0 Å². The van der Waals surface area contributed by atoms with Gasteiger partial charge in [0.05, 0.1) is 6.54 Å². The number of carboxylic acid groups (broad SMARTS) is 1. The first-order valence-electron chi connectivity index (χ1n) is 4.23. The highest BCUT2D eigenvalue weighted by atomic mass is 35.5. The van der Waals surface area contributed by atoms with Crippen LogP contribution in [0.2, 0.25) is 0 Å². The molecular weight excluding hydrogens is 245 g/mol. The second-order valence-electron chi connectivity index (χ2n) is 2.80. The fourth-order valence-electron chi connectivity index (χ4n) is 0.788. The van der Waals surface area contributed by atoms with Gasteiger partial charge in [-0.3, -0.25) is 14.4 Å². The normalized spacial score (nSPS) is 10.1. The second kappa shape index (κ2) is 7.48. The minimum atomic E-state index is -1.20. The number of alkyl halides is 2. The van der Waals surface area contributed by atoms with E-state index in [0.29, 0.717) is 0 Å². The maximum atomic E-state index is 11.1. The lowest BCUT2D eigenvalue weighted by Gasteiger charge is -2.03. The Morgan fingerprint density at radius 1 is 1.20 bits per heavy atom. The molecule has 1 amide bonds. The molecular formula is C8H11Cl2NO4. The van der Waals surface area contributed by atoms with Crippen LogP contribution in [0.4, 0.5) is 0 Å². The summed E-state index contributed by atoms with van der Waals surface area (Å²) in [6.45, 7) is -0.172. The third kappa shape index (κ3) is 8.20. The predicted octanol–water partition coefficient (Wildman–Crippen LogP) is 0.730. The fraction of sp³-hybridized carbons (Fsp3) is 0.625. The summed E-state index contributed by atoms with van der Waals surface area (Å²) < 4.78 is 0. The zero-order chi connectivity index (χ0) is 11.8. The molecule has 0 heterocycles. The molecule has 0 aromatic carbocycles. The number of nitrogens with one attached hydrogen (secondary N) is 1. The van der Waals surface area contributed by atoms with Crippen molar-refractivity contribution in [2.45, 2.75) is 24.1 Å². The van der Waals surface area contributed by atoms with Gasteiger partial charge in [-0.1, -0.05) is 23.2 Å². The zero-order valence-electron chi connectivity index (χ0n) is 7.83. The molecule has 5 nitrogen and oxygen atoms in total. The molecule has 0 radical (unpaired) electrons. The van der Waals surface area contributed by atoms with Crippen LogP contribution in [-0.4, -0.2) is 34.1 Å². The molecule has 0 aliphatic carbocycles. The van der Waals surface area contributed by atoms with Crippen LogP contribution in [0.1, 0.15) is 19.3 Å². The van der Waals surface area contributed by atoms with E-state index in [4.69, 9.17) is 28.3 Å². The predicted molar refractivity (Wildman–Crippen MR) is 55.0 cm³/mol. The Balaban J connectivity index is 3.58. The summed E-state index contributed by atoms with van der Waals surface area (Å²) in [6, 6.07) is 0. The molecule has 0 saturated carbocycles. The van der Waals surface area contributed by atoms with Crippen LogP contribution in [0.3, 0.4) is 0 Å². The topological polar surface area (TPSA) is 83.5 Å². The smallest absolute Gasteiger partial charge is 0.303 e. The van der Waals surface area contributed by atoms with E-state index < -0.39 is 16.7 Å². The number of carbonyl (C=O) groups is 3. The monoisotopic (exact) mass is 255 g/mol. The Morgan fingerprint density at radius 3 is 2.27 bits per heavy atom. The maximum Gasteiger partial charge on any atom is 0.303 e. The van der Waals surface area contributed by atoms with Gasteiger partial charge >= 0.3 is 5.97 Å². The Morgan fingerprint density at radius 2 is 1.80 bits per heavy atom. The van der Waals surface area contributed by atoms with Crippen molar-refractivity contribution in [3.8, 4) is 0 Å². The quantitative estimate of drug-likeness (QED) is 0.658. The Hall–Kier alpha value is -0.810. The number of hydrogen-bond donors (Lipinski definition) is 2. The van der Waals surface area contributed by atoms with Crippen LogP contribution >= 0.6 is 23.2 Å². The number of carboxylic acids is 1. The van der Waals surface area contributed by atoms with Gasteiger partial charge in [-0.15, -0.1) is 0 Å². The largest absolute Gasteiger partial charge is 0.481 e. The molecule has 0 aliphatic rings. The van der Waals surface area contributed by atoms with Crippen LogP contribution in [0.25, 0.3) is 0 Å². The Bertz CT molecular complexity index is 255. The van der Waals surface area contributed by atoms with Crippen LogP contribution in [0.5, 0.6) is 0 Å². The van der Waals surface area contributed by atoms with Gasteiger partial charge in [-0.2, -0.15) is 0 Å². The second-order valence-corrected chi connectivity index (χ2v) is 3.90. The SMILES string of the molecule is O=C(O)CCCC(=O)CNC(=O)C(Cl)Cl. The molecule has 0 saturated heterocycles. The number of aliphatic carboxylic acids is 1. The number of ketones is 1. The average molecular weight is 256 g/mol. The van der Waals surface area contributed by atoms with E-state index in [1.807, 2.05) is 0 Å². The third-order valence-electron chi connectivity index (χ3n) is 1.50. The first-order valence-corrected chi connectivity index (χ1v) is 5.10. The average Bonchev–Trinajstić information content (AvgIpc) is 2.13. The van der Waals surface area contributed by atoms with E-state index >= 15 is 0 Å². The highest BCUT2D eigenvalue weighted by Gasteiger charge is 2.12. The molecule has 0 rings (SSSR count). The van der Waals surface area contributed by atoms with Crippen molar-refractivity contribution in [1.82, 2.24) is 5.32 Å². The number of rotatable bonds is 7. The van der Waals surface area contributed by atoms with Crippen molar-refractivity contribution in [3.63, 3.8) is 0 Å². The third-order valence-corrected chi connectivity index (χ3v) is 1.90. The number of Topliss-reactive ketones (excluding diaryl/α,β-unsaturated/α-hetero) is 1. The first kappa shape index (κ1) is 14.2. The number of hydrogen-bond acceptors (Lipinski definition) is 3. The number of carbonyl (C=O) groups excluding carboxylic acids is 2. The first-order chi connectivity index (χ1) is 6.93. The lowest BCUT2D eigenvalue weighted by atomic mass is 10.2. The Kier molecular flexibility index (Phi) is 7.07. The van der Waals surface area contributed by atoms with Gasteiger partial charge in [0, 0.05) is 12.8 Å². The van der Waals surface area contributed by atoms with Crippen molar-refractivity contribution < 1.29 is 19.5 Å². The molecule has 0 spiro atoms.